The summed E-state index contributed by atoms with van der Waals surface area (Å²) in [6, 6.07) is 3.94. The lowest BCUT2D eigenvalue weighted by Gasteiger charge is -2.04. The van der Waals surface area contributed by atoms with Crippen molar-refractivity contribution in [3.63, 3.8) is 0 Å². The van der Waals surface area contributed by atoms with E-state index in [-0.39, 0.29) is 25.0 Å². The van der Waals surface area contributed by atoms with Gasteiger partial charge >= 0.3 is 0 Å². The minimum Gasteiger partial charge on any atom is -0.368 e. The summed E-state index contributed by atoms with van der Waals surface area (Å²) < 4.78 is 12.6. The molecule has 1 N–H and O–H groups in total. The molecule has 1 amide bonds. The number of carbonyl (C=O) groups is 1. The van der Waals surface area contributed by atoms with Crippen molar-refractivity contribution >= 4 is 11.6 Å². The van der Waals surface area contributed by atoms with Crippen LogP contribution in [0.15, 0.2) is 29.0 Å². The molecule has 4 heterocycles. The number of fused-ring (bicyclic) bond motifs is 1. The van der Waals surface area contributed by atoms with Crippen LogP contribution in [0.5, 0.6) is 0 Å². The zero-order chi connectivity index (χ0) is 17.2. The van der Waals surface area contributed by atoms with E-state index < -0.39 is 0 Å². The van der Waals surface area contributed by atoms with E-state index >= 15 is 0 Å². The number of nitrogens with one attached hydrogen (secondary N) is 1. The van der Waals surface area contributed by atoms with E-state index in [0.717, 1.165) is 36.4 Å². The maximum atomic E-state index is 12.2. The van der Waals surface area contributed by atoms with Crippen LogP contribution < -0.4 is 5.32 Å². The van der Waals surface area contributed by atoms with E-state index in [4.69, 9.17) is 9.26 Å². The van der Waals surface area contributed by atoms with E-state index in [2.05, 4.69) is 20.4 Å². The molecule has 1 fully saturated rings. The van der Waals surface area contributed by atoms with Gasteiger partial charge in [-0.05, 0) is 31.4 Å². The van der Waals surface area contributed by atoms with E-state index in [1.165, 1.54) is 0 Å². The van der Waals surface area contributed by atoms with E-state index in [1.54, 1.807) is 6.20 Å². The summed E-state index contributed by atoms with van der Waals surface area (Å²) in [7, 11) is 0. The molecule has 0 radical (unpaired) electrons. The van der Waals surface area contributed by atoms with Gasteiger partial charge in [0.2, 0.25) is 5.91 Å². The molecule has 130 valence electrons. The molecule has 3 aromatic heterocycles. The van der Waals surface area contributed by atoms with Crippen LogP contribution in [0, 0.1) is 6.92 Å². The number of ether oxygens (including phenoxy) is 1. The van der Waals surface area contributed by atoms with Crippen LogP contribution in [0.3, 0.4) is 0 Å². The van der Waals surface area contributed by atoms with Crippen LogP contribution in [0.4, 0.5) is 0 Å². The van der Waals surface area contributed by atoms with Gasteiger partial charge in [0.05, 0.1) is 18.7 Å². The first kappa shape index (κ1) is 15.8. The van der Waals surface area contributed by atoms with E-state index in [0.29, 0.717) is 11.7 Å². The van der Waals surface area contributed by atoms with Crippen molar-refractivity contribution < 1.29 is 14.1 Å². The lowest BCUT2D eigenvalue weighted by molar-refractivity contribution is -0.120. The van der Waals surface area contributed by atoms with Crippen molar-refractivity contribution in [2.45, 2.75) is 38.8 Å². The summed E-state index contributed by atoms with van der Waals surface area (Å²) in [5, 5.41) is 6.71. The summed E-state index contributed by atoms with van der Waals surface area (Å²) in [4.78, 5) is 20.9. The molecule has 8 nitrogen and oxygen atoms in total. The van der Waals surface area contributed by atoms with Gasteiger partial charge in [-0.15, -0.1) is 0 Å². The van der Waals surface area contributed by atoms with Crippen molar-refractivity contribution in [2.75, 3.05) is 6.61 Å². The van der Waals surface area contributed by atoms with Crippen molar-refractivity contribution in [1.82, 2.24) is 24.8 Å². The normalized spacial score (nSPS) is 17.2. The Balaban J connectivity index is 1.36. The third-order valence-corrected chi connectivity index (χ3v) is 4.28. The number of amides is 1. The number of pyridine rings is 1. The standard InChI is InChI=1S/C17H19N5O3/c1-11-4-2-6-22-12(9-19-16(11)22)8-15(23)18-10-14-20-17(25-21-14)13-5-3-7-24-13/h2,4,6,9,13H,3,5,7-8,10H2,1H3,(H,18,23)/t13-/m0/s1. The highest BCUT2D eigenvalue weighted by atomic mass is 16.5. The van der Waals surface area contributed by atoms with E-state index in [1.807, 2.05) is 29.7 Å². The Morgan fingerprint density at radius 1 is 1.48 bits per heavy atom. The number of hydrogen-bond donors (Lipinski definition) is 1. The molecular weight excluding hydrogens is 322 g/mol. The van der Waals surface area contributed by atoms with Crippen molar-refractivity contribution in [3.05, 3.63) is 47.5 Å². The number of carbonyl (C=O) groups excluding carboxylic acids is 1. The average Bonchev–Trinajstić information content (AvgIpc) is 3.34. The molecule has 3 aromatic rings. The summed E-state index contributed by atoms with van der Waals surface area (Å²) in [6.45, 7) is 2.94. The molecule has 4 rings (SSSR count). The maximum Gasteiger partial charge on any atom is 0.255 e. The minimum absolute atomic E-state index is 0.113. The number of imidazole rings is 1. The summed E-state index contributed by atoms with van der Waals surface area (Å²) in [6.07, 6.45) is 5.65. The van der Waals surface area contributed by atoms with Crippen LogP contribution in [-0.2, 0) is 22.5 Å². The molecule has 0 spiro atoms. The van der Waals surface area contributed by atoms with Crippen molar-refractivity contribution in [2.24, 2.45) is 0 Å². The average molecular weight is 341 g/mol. The Morgan fingerprint density at radius 3 is 3.24 bits per heavy atom. The van der Waals surface area contributed by atoms with Gasteiger partial charge < -0.3 is 19.0 Å². The first-order valence-electron chi connectivity index (χ1n) is 8.33. The molecule has 8 heteroatoms. The first-order valence-corrected chi connectivity index (χ1v) is 8.33. The zero-order valence-corrected chi connectivity index (χ0v) is 13.9. The fraction of sp³-hybridized carbons (Fsp3) is 0.412. The lowest BCUT2D eigenvalue weighted by atomic mass is 10.2. The van der Waals surface area contributed by atoms with Crippen LogP contribution in [-0.4, -0.2) is 32.0 Å². The van der Waals surface area contributed by atoms with Gasteiger partial charge in [0.15, 0.2) is 5.82 Å². The highest BCUT2D eigenvalue weighted by molar-refractivity contribution is 5.78. The van der Waals surface area contributed by atoms with Gasteiger partial charge in [-0.1, -0.05) is 11.2 Å². The molecule has 1 atom stereocenters. The molecule has 1 aliphatic heterocycles. The fourth-order valence-corrected chi connectivity index (χ4v) is 2.98. The smallest absolute Gasteiger partial charge is 0.255 e. The molecule has 1 aliphatic rings. The Morgan fingerprint density at radius 2 is 2.40 bits per heavy atom. The molecule has 0 saturated carbocycles. The Hall–Kier alpha value is -2.74. The van der Waals surface area contributed by atoms with E-state index in [9.17, 15) is 4.79 Å². The predicted octanol–water partition coefficient (Wildman–Crippen LogP) is 1.74. The second kappa shape index (κ2) is 6.64. The SMILES string of the molecule is Cc1cccn2c(CC(=O)NCc3noc([C@@H]4CCCO4)n3)cnc12. The summed E-state index contributed by atoms with van der Waals surface area (Å²) >= 11 is 0. The van der Waals surface area contributed by atoms with Crippen LogP contribution in [0.1, 0.15) is 41.9 Å². The molecule has 1 saturated heterocycles. The Bertz CT molecular complexity index is 895. The summed E-state index contributed by atoms with van der Waals surface area (Å²) in [5.41, 5.74) is 2.77. The van der Waals surface area contributed by atoms with Gasteiger partial charge in [0.25, 0.3) is 5.89 Å². The number of hydrogen-bond acceptors (Lipinski definition) is 6. The van der Waals surface area contributed by atoms with Crippen molar-refractivity contribution in [1.29, 1.82) is 0 Å². The molecular formula is C17H19N5O3. The summed E-state index contributed by atoms with van der Waals surface area (Å²) in [5.74, 6) is 0.818. The lowest BCUT2D eigenvalue weighted by Crippen LogP contribution is -2.25. The molecule has 25 heavy (non-hydrogen) atoms. The topological polar surface area (TPSA) is 94.5 Å². The maximum absolute atomic E-state index is 12.2. The largest absolute Gasteiger partial charge is 0.368 e. The highest BCUT2D eigenvalue weighted by Crippen LogP contribution is 2.26. The number of aryl methyl sites for hydroxylation is 1. The number of aromatic nitrogens is 4. The molecule has 0 bridgehead atoms. The second-order valence-electron chi connectivity index (χ2n) is 6.14. The molecule has 0 aromatic carbocycles. The van der Waals surface area contributed by atoms with Gasteiger partial charge in [0.1, 0.15) is 11.8 Å². The minimum atomic E-state index is -0.119. The monoisotopic (exact) mass is 341 g/mol. The van der Waals surface area contributed by atoms with Crippen LogP contribution in [0.25, 0.3) is 5.65 Å². The third-order valence-electron chi connectivity index (χ3n) is 4.28. The Kier molecular flexibility index (Phi) is 4.19. The van der Waals surface area contributed by atoms with Crippen LogP contribution in [0.2, 0.25) is 0 Å². The predicted molar refractivity (Wildman–Crippen MR) is 87.7 cm³/mol. The van der Waals surface area contributed by atoms with Crippen LogP contribution >= 0.6 is 0 Å². The third kappa shape index (κ3) is 3.25. The number of rotatable bonds is 5. The second-order valence-corrected chi connectivity index (χ2v) is 6.14. The quantitative estimate of drug-likeness (QED) is 0.759. The van der Waals surface area contributed by atoms with Gasteiger partial charge in [-0.2, -0.15) is 4.98 Å². The molecule has 0 aliphatic carbocycles. The fourth-order valence-electron chi connectivity index (χ4n) is 2.98. The Labute approximate surface area is 144 Å². The highest BCUT2D eigenvalue weighted by Gasteiger charge is 2.23. The van der Waals surface area contributed by atoms with Gasteiger partial charge in [-0.3, -0.25) is 4.79 Å². The zero-order valence-electron chi connectivity index (χ0n) is 13.9. The first-order chi connectivity index (χ1) is 12.2. The van der Waals surface area contributed by atoms with Crippen molar-refractivity contribution in [3.8, 4) is 0 Å². The van der Waals surface area contributed by atoms with Gasteiger partial charge in [-0.25, -0.2) is 4.98 Å². The number of nitrogens with zero attached hydrogens (tertiary/aromatic N) is 4. The van der Waals surface area contributed by atoms with Gasteiger partial charge in [0, 0.05) is 19.0 Å². The molecule has 0 unspecified atom stereocenters.